The van der Waals surface area contributed by atoms with Crippen molar-refractivity contribution in [3.8, 4) is 5.75 Å². The van der Waals surface area contributed by atoms with E-state index in [1.165, 1.54) is 0 Å². The molecule has 3 amide bonds. The van der Waals surface area contributed by atoms with Crippen molar-refractivity contribution in [3.05, 3.63) is 65.7 Å². The predicted octanol–water partition coefficient (Wildman–Crippen LogP) is 2.28. The van der Waals surface area contributed by atoms with E-state index in [-0.39, 0.29) is 24.3 Å². The van der Waals surface area contributed by atoms with Gasteiger partial charge in [0.1, 0.15) is 5.75 Å². The third-order valence-corrected chi connectivity index (χ3v) is 4.57. The highest BCUT2D eigenvalue weighted by Gasteiger charge is 2.34. The Kier molecular flexibility index (Phi) is 6.49. The molecule has 3 rings (SSSR count). The minimum Gasteiger partial charge on any atom is -0.491 e. The average Bonchev–Trinajstić information content (AvgIpc) is 3.07. The molecular weight excluding hydrogens is 370 g/mol. The van der Waals surface area contributed by atoms with Crippen molar-refractivity contribution < 1.29 is 19.1 Å². The van der Waals surface area contributed by atoms with Crippen molar-refractivity contribution in [2.24, 2.45) is 5.92 Å². The number of benzene rings is 2. The second-order valence-corrected chi connectivity index (χ2v) is 7.30. The van der Waals surface area contributed by atoms with Gasteiger partial charge in [0.15, 0.2) is 0 Å². The van der Waals surface area contributed by atoms with Crippen molar-refractivity contribution in [2.45, 2.75) is 32.9 Å². The Morgan fingerprint density at radius 3 is 2.59 bits per heavy atom. The van der Waals surface area contributed by atoms with Gasteiger partial charge in [-0.3, -0.25) is 25.2 Å². The molecule has 0 spiro atoms. The molecule has 0 saturated carbocycles. The molecule has 2 N–H and O–H groups in total. The molecule has 7 nitrogen and oxygen atoms in total. The summed E-state index contributed by atoms with van der Waals surface area (Å²) in [6, 6.07) is 16.4. The van der Waals surface area contributed by atoms with Gasteiger partial charge in [0.05, 0.1) is 12.0 Å². The summed E-state index contributed by atoms with van der Waals surface area (Å²) in [5, 5.41) is 0. The third kappa shape index (κ3) is 5.57. The molecule has 1 atom stereocenters. The van der Waals surface area contributed by atoms with Gasteiger partial charge in [-0.25, -0.2) is 0 Å². The summed E-state index contributed by atoms with van der Waals surface area (Å²) in [5.74, 6) is -0.812. The lowest BCUT2D eigenvalue weighted by atomic mass is 10.1. The Balaban J connectivity index is 1.52. The lowest BCUT2D eigenvalue weighted by Crippen LogP contribution is -2.45. The van der Waals surface area contributed by atoms with E-state index >= 15 is 0 Å². The summed E-state index contributed by atoms with van der Waals surface area (Å²) < 4.78 is 5.57. The largest absolute Gasteiger partial charge is 0.491 e. The van der Waals surface area contributed by atoms with Crippen LogP contribution in [-0.4, -0.2) is 35.3 Å². The van der Waals surface area contributed by atoms with Gasteiger partial charge in [-0.05, 0) is 37.6 Å². The molecule has 0 aromatic heterocycles. The van der Waals surface area contributed by atoms with Gasteiger partial charge in [-0.15, -0.1) is 0 Å². The number of carbonyl (C=O) groups excluding carboxylic acids is 3. The maximum Gasteiger partial charge on any atom is 0.269 e. The van der Waals surface area contributed by atoms with Crippen LogP contribution in [0.1, 0.15) is 36.2 Å². The maximum absolute atomic E-state index is 12.4. The van der Waals surface area contributed by atoms with Crippen molar-refractivity contribution in [3.63, 3.8) is 0 Å². The molecule has 7 heteroatoms. The number of carbonyl (C=O) groups is 3. The monoisotopic (exact) mass is 395 g/mol. The first-order valence-electron chi connectivity index (χ1n) is 9.61. The van der Waals surface area contributed by atoms with E-state index < -0.39 is 11.8 Å². The Labute approximate surface area is 170 Å². The summed E-state index contributed by atoms with van der Waals surface area (Å²) in [6.45, 7) is 4.60. The van der Waals surface area contributed by atoms with E-state index in [1.54, 1.807) is 29.2 Å². The number of hydrogen-bond acceptors (Lipinski definition) is 4. The molecule has 1 aliphatic heterocycles. The minimum absolute atomic E-state index is 0.00764. The number of rotatable bonds is 6. The summed E-state index contributed by atoms with van der Waals surface area (Å²) in [5.41, 5.74) is 6.23. The zero-order chi connectivity index (χ0) is 20.8. The van der Waals surface area contributed by atoms with Crippen molar-refractivity contribution >= 4 is 17.7 Å². The molecule has 1 heterocycles. The Morgan fingerprint density at radius 2 is 1.86 bits per heavy atom. The number of likely N-dealkylation sites (tertiary alicyclic amines) is 1. The first-order chi connectivity index (χ1) is 13.9. The van der Waals surface area contributed by atoms with E-state index in [0.29, 0.717) is 24.4 Å². The van der Waals surface area contributed by atoms with Crippen LogP contribution in [0.4, 0.5) is 0 Å². The Morgan fingerprint density at radius 1 is 1.10 bits per heavy atom. The van der Waals surface area contributed by atoms with Gasteiger partial charge in [0.2, 0.25) is 11.8 Å². The molecule has 1 saturated heterocycles. The Hall–Kier alpha value is -3.35. The van der Waals surface area contributed by atoms with Gasteiger partial charge in [-0.2, -0.15) is 0 Å². The predicted molar refractivity (Wildman–Crippen MR) is 108 cm³/mol. The number of hydrogen-bond donors (Lipinski definition) is 2. The fourth-order valence-electron chi connectivity index (χ4n) is 3.18. The van der Waals surface area contributed by atoms with Crippen molar-refractivity contribution in [1.82, 2.24) is 15.8 Å². The van der Waals surface area contributed by atoms with E-state index in [4.69, 9.17) is 4.74 Å². The van der Waals surface area contributed by atoms with Crippen LogP contribution in [0.2, 0.25) is 0 Å². The minimum atomic E-state index is -0.498. The lowest BCUT2D eigenvalue weighted by Gasteiger charge is -2.17. The van der Waals surface area contributed by atoms with Crippen LogP contribution in [0.25, 0.3) is 0 Å². The van der Waals surface area contributed by atoms with E-state index in [9.17, 15) is 14.4 Å². The number of nitrogens with zero attached hydrogens (tertiary/aromatic N) is 1. The average molecular weight is 395 g/mol. The Bertz CT molecular complexity index is 883. The molecule has 1 aliphatic rings. The molecule has 1 fully saturated rings. The molecule has 29 heavy (non-hydrogen) atoms. The van der Waals surface area contributed by atoms with Crippen LogP contribution < -0.4 is 15.6 Å². The van der Waals surface area contributed by atoms with Crippen LogP contribution in [0.5, 0.6) is 5.75 Å². The molecule has 2 aromatic carbocycles. The first kappa shape index (κ1) is 20.4. The molecule has 0 bridgehead atoms. The van der Waals surface area contributed by atoms with Crippen molar-refractivity contribution in [2.75, 3.05) is 6.54 Å². The standard InChI is InChI=1S/C22H25N3O4/c1-15(2)29-19-10-6-9-17(11-19)21(27)23-24-22(28)18-12-20(26)25(14-18)13-16-7-4-3-5-8-16/h3-11,15,18H,12-14H2,1-2H3,(H,23,27)(H,24,28). The van der Waals surface area contributed by atoms with Gasteiger partial charge in [0.25, 0.3) is 5.91 Å². The molecule has 152 valence electrons. The van der Waals surface area contributed by atoms with Crippen molar-refractivity contribution in [1.29, 1.82) is 0 Å². The van der Waals surface area contributed by atoms with E-state index in [2.05, 4.69) is 10.9 Å². The number of amides is 3. The van der Waals surface area contributed by atoms with Crippen LogP contribution >= 0.6 is 0 Å². The topological polar surface area (TPSA) is 87.7 Å². The van der Waals surface area contributed by atoms with Crippen LogP contribution in [0.15, 0.2) is 54.6 Å². The number of hydrazine groups is 1. The zero-order valence-electron chi connectivity index (χ0n) is 16.6. The number of nitrogens with one attached hydrogen (secondary N) is 2. The highest BCUT2D eigenvalue weighted by atomic mass is 16.5. The molecule has 0 radical (unpaired) electrons. The number of ether oxygens (including phenoxy) is 1. The summed E-state index contributed by atoms with van der Waals surface area (Å²) >= 11 is 0. The van der Waals surface area contributed by atoms with Gasteiger partial charge >= 0.3 is 0 Å². The molecule has 2 aromatic rings. The van der Waals surface area contributed by atoms with Crippen LogP contribution in [0.3, 0.4) is 0 Å². The van der Waals surface area contributed by atoms with E-state index in [1.807, 2.05) is 44.2 Å². The second-order valence-electron chi connectivity index (χ2n) is 7.30. The zero-order valence-corrected chi connectivity index (χ0v) is 16.6. The highest BCUT2D eigenvalue weighted by Crippen LogP contribution is 2.20. The van der Waals surface area contributed by atoms with E-state index in [0.717, 1.165) is 5.56 Å². The smallest absolute Gasteiger partial charge is 0.269 e. The summed E-state index contributed by atoms with van der Waals surface area (Å²) in [4.78, 5) is 38.6. The van der Waals surface area contributed by atoms with Gasteiger partial charge in [-0.1, -0.05) is 36.4 Å². The highest BCUT2D eigenvalue weighted by molar-refractivity contribution is 5.96. The fraction of sp³-hybridized carbons (Fsp3) is 0.318. The second kappa shape index (κ2) is 9.23. The molecular formula is C22H25N3O4. The SMILES string of the molecule is CC(C)Oc1cccc(C(=O)NNC(=O)C2CC(=O)N(Cc3ccccc3)C2)c1. The van der Waals surface area contributed by atoms with Crippen LogP contribution in [0, 0.1) is 5.92 Å². The normalized spacial score (nSPS) is 16.0. The molecule has 0 aliphatic carbocycles. The quantitative estimate of drug-likeness (QED) is 0.735. The van der Waals surface area contributed by atoms with Gasteiger partial charge in [0, 0.05) is 25.1 Å². The first-order valence-corrected chi connectivity index (χ1v) is 9.61. The lowest BCUT2D eigenvalue weighted by molar-refractivity contribution is -0.129. The van der Waals surface area contributed by atoms with Gasteiger partial charge < -0.3 is 9.64 Å². The molecule has 1 unspecified atom stereocenters. The summed E-state index contributed by atoms with van der Waals surface area (Å²) in [7, 11) is 0. The van der Waals surface area contributed by atoms with Crippen LogP contribution in [-0.2, 0) is 16.1 Å². The fourth-order valence-corrected chi connectivity index (χ4v) is 3.18. The maximum atomic E-state index is 12.4. The summed E-state index contributed by atoms with van der Waals surface area (Å²) in [6.07, 6.45) is 0.124. The third-order valence-electron chi connectivity index (χ3n) is 4.57.